The number of esters is 1. The number of hydrogen-bond acceptors (Lipinski definition) is 2. The topological polar surface area (TPSA) is 26.3 Å². The van der Waals surface area contributed by atoms with Gasteiger partial charge in [-0.05, 0) is 18.8 Å². The molecule has 0 aromatic heterocycles. The highest BCUT2D eigenvalue weighted by molar-refractivity contribution is 5.71. The molecule has 0 amide bonds. The molecule has 0 aliphatic carbocycles. The molecule has 0 fully saturated rings. The molecule has 0 aliphatic rings. The van der Waals surface area contributed by atoms with E-state index in [0.717, 1.165) is 18.8 Å². The van der Waals surface area contributed by atoms with Crippen LogP contribution in [0.25, 0.3) is 0 Å². The van der Waals surface area contributed by atoms with E-state index in [1.54, 1.807) is 0 Å². The first-order chi connectivity index (χ1) is 8.11. The average molecular weight is 242 g/mol. The number of ether oxygens (including phenoxy) is 1. The number of carbonyl (C=O) groups is 1. The first-order valence-corrected chi connectivity index (χ1v) is 7.19. The van der Waals surface area contributed by atoms with Crippen LogP contribution in [0.1, 0.15) is 72.1 Å². The summed E-state index contributed by atoms with van der Waals surface area (Å²) in [6.07, 6.45) is 10.2. The van der Waals surface area contributed by atoms with Crippen molar-refractivity contribution in [3.05, 3.63) is 0 Å². The Morgan fingerprint density at radius 2 is 1.65 bits per heavy atom. The Morgan fingerprint density at radius 3 is 2.24 bits per heavy atom. The molecule has 0 saturated heterocycles. The Bertz CT molecular complexity index is 189. The van der Waals surface area contributed by atoms with Crippen LogP contribution in [0.3, 0.4) is 0 Å². The van der Waals surface area contributed by atoms with Crippen molar-refractivity contribution in [2.45, 2.75) is 72.1 Å². The van der Waals surface area contributed by atoms with E-state index in [-0.39, 0.29) is 11.9 Å². The summed E-state index contributed by atoms with van der Waals surface area (Å²) in [4.78, 5) is 11.2. The number of unbranched alkanes of at least 4 members (excludes halogenated alkanes) is 4. The summed E-state index contributed by atoms with van der Waals surface area (Å²) in [5.74, 6) is 0.728. The lowest BCUT2D eigenvalue weighted by molar-refractivity contribution is -0.145. The second-order valence-corrected chi connectivity index (χ2v) is 5.31. The summed E-state index contributed by atoms with van der Waals surface area (Å²) >= 11 is 0. The van der Waals surface area contributed by atoms with Crippen LogP contribution in [0.2, 0.25) is 0 Å². The second kappa shape index (κ2) is 10.6. The molecule has 17 heavy (non-hydrogen) atoms. The van der Waals surface area contributed by atoms with Gasteiger partial charge >= 0.3 is 5.97 Å². The van der Waals surface area contributed by atoms with Gasteiger partial charge in [0.05, 0.1) is 13.0 Å². The molecule has 0 aromatic rings. The third-order valence-corrected chi connectivity index (χ3v) is 3.50. The maximum Gasteiger partial charge on any atom is 0.308 e. The van der Waals surface area contributed by atoms with E-state index >= 15 is 0 Å². The smallest absolute Gasteiger partial charge is 0.308 e. The van der Waals surface area contributed by atoms with Crippen LogP contribution in [-0.2, 0) is 9.53 Å². The molecule has 2 unspecified atom stereocenters. The molecule has 0 aromatic carbocycles. The van der Waals surface area contributed by atoms with Crippen LogP contribution in [0, 0.1) is 11.8 Å². The SMILES string of the molecule is CCCCCCCC(C)CCC(C)C(=O)OC. The molecule has 0 aliphatic heterocycles. The molecule has 0 bridgehead atoms. The zero-order valence-electron chi connectivity index (χ0n) is 12.1. The molecule has 0 N–H and O–H groups in total. The van der Waals surface area contributed by atoms with Gasteiger partial charge in [-0.25, -0.2) is 0 Å². The Morgan fingerprint density at radius 1 is 1.00 bits per heavy atom. The van der Waals surface area contributed by atoms with E-state index in [1.807, 2.05) is 6.92 Å². The highest BCUT2D eigenvalue weighted by Gasteiger charge is 2.14. The molecule has 0 heterocycles. The Balaban J connectivity index is 3.45. The van der Waals surface area contributed by atoms with Crippen LogP contribution < -0.4 is 0 Å². The predicted molar refractivity (Wildman–Crippen MR) is 73.0 cm³/mol. The van der Waals surface area contributed by atoms with Gasteiger partial charge in [-0.1, -0.05) is 59.3 Å². The van der Waals surface area contributed by atoms with Gasteiger partial charge in [0.1, 0.15) is 0 Å². The highest BCUT2D eigenvalue weighted by Crippen LogP contribution is 2.19. The zero-order valence-corrected chi connectivity index (χ0v) is 12.1. The standard InChI is InChI=1S/C15H30O2/c1-5-6-7-8-9-10-13(2)11-12-14(3)15(16)17-4/h13-14H,5-12H2,1-4H3. The van der Waals surface area contributed by atoms with Crippen LogP contribution in [0.4, 0.5) is 0 Å². The lowest BCUT2D eigenvalue weighted by atomic mass is 9.93. The maximum absolute atomic E-state index is 11.2. The fraction of sp³-hybridized carbons (Fsp3) is 0.933. The van der Waals surface area contributed by atoms with Gasteiger partial charge < -0.3 is 4.74 Å². The lowest BCUT2D eigenvalue weighted by Crippen LogP contribution is -2.13. The van der Waals surface area contributed by atoms with E-state index in [4.69, 9.17) is 4.74 Å². The summed E-state index contributed by atoms with van der Waals surface area (Å²) in [7, 11) is 1.47. The molecule has 0 spiro atoms. The first-order valence-electron chi connectivity index (χ1n) is 7.19. The minimum Gasteiger partial charge on any atom is -0.469 e. The highest BCUT2D eigenvalue weighted by atomic mass is 16.5. The molecule has 0 radical (unpaired) electrons. The number of hydrogen-bond donors (Lipinski definition) is 0. The van der Waals surface area contributed by atoms with Gasteiger partial charge in [-0.3, -0.25) is 4.79 Å². The zero-order chi connectivity index (χ0) is 13.1. The van der Waals surface area contributed by atoms with Gasteiger partial charge in [0.2, 0.25) is 0 Å². The van der Waals surface area contributed by atoms with Crippen molar-refractivity contribution < 1.29 is 9.53 Å². The van der Waals surface area contributed by atoms with Crippen molar-refractivity contribution in [3.8, 4) is 0 Å². The molecular formula is C15H30O2. The van der Waals surface area contributed by atoms with Gasteiger partial charge in [-0.2, -0.15) is 0 Å². The number of methoxy groups -OCH3 is 1. The summed E-state index contributed by atoms with van der Waals surface area (Å²) in [5, 5.41) is 0. The summed E-state index contributed by atoms with van der Waals surface area (Å²) in [5.41, 5.74) is 0. The van der Waals surface area contributed by atoms with Crippen molar-refractivity contribution in [2.24, 2.45) is 11.8 Å². The van der Waals surface area contributed by atoms with Crippen molar-refractivity contribution in [1.82, 2.24) is 0 Å². The van der Waals surface area contributed by atoms with Gasteiger partial charge in [0.15, 0.2) is 0 Å². The summed E-state index contributed by atoms with van der Waals surface area (Å²) in [6, 6.07) is 0. The van der Waals surface area contributed by atoms with E-state index in [2.05, 4.69) is 13.8 Å². The second-order valence-electron chi connectivity index (χ2n) is 5.31. The van der Waals surface area contributed by atoms with Crippen molar-refractivity contribution in [3.63, 3.8) is 0 Å². The van der Waals surface area contributed by atoms with E-state index in [1.165, 1.54) is 45.6 Å². The third-order valence-electron chi connectivity index (χ3n) is 3.50. The maximum atomic E-state index is 11.2. The Hall–Kier alpha value is -0.530. The summed E-state index contributed by atoms with van der Waals surface area (Å²) in [6.45, 7) is 6.50. The lowest BCUT2D eigenvalue weighted by Gasteiger charge is -2.14. The third kappa shape index (κ3) is 9.20. The van der Waals surface area contributed by atoms with Crippen molar-refractivity contribution in [2.75, 3.05) is 7.11 Å². The fourth-order valence-corrected chi connectivity index (χ4v) is 2.09. The van der Waals surface area contributed by atoms with Crippen molar-refractivity contribution >= 4 is 5.97 Å². The molecule has 2 atom stereocenters. The predicted octanol–water partition coefficient (Wildman–Crippen LogP) is 4.57. The number of rotatable bonds is 10. The van der Waals surface area contributed by atoms with Crippen LogP contribution >= 0.6 is 0 Å². The Labute approximate surface area is 107 Å². The van der Waals surface area contributed by atoms with Gasteiger partial charge in [0, 0.05) is 0 Å². The van der Waals surface area contributed by atoms with Gasteiger partial charge in [-0.15, -0.1) is 0 Å². The minimum absolute atomic E-state index is 0.0579. The van der Waals surface area contributed by atoms with Crippen LogP contribution in [0.5, 0.6) is 0 Å². The minimum atomic E-state index is -0.0693. The van der Waals surface area contributed by atoms with Crippen molar-refractivity contribution in [1.29, 1.82) is 0 Å². The van der Waals surface area contributed by atoms with E-state index < -0.39 is 0 Å². The summed E-state index contributed by atoms with van der Waals surface area (Å²) < 4.78 is 4.73. The Kier molecular flexibility index (Phi) is 10.3. The molecule has 0 saturated carbocycles. The quantitative estimate of drug-likeness (QED) is 0.414. The van der Waals surface area contributed by atoms with E-state index in [9.17, 15) is 4.79 Å². The first kappa shape index (κ1) is 16.5. The fourth-order valence-electron chi connectivity index (χ4n) is 2.09. The monoisotopic (exact) mass is 242 g/mol. The average Bonchev–Trinajstić information content (AvgIpc) is 2.34. The van der Waals surface area contributed by atoms with Gasteiger partial charge in [0.25, 0.3) is 0 Å². The number of carbonyl (C=O) groups excluding carboxylic acids is 1. The molecule has 2 nitrogen and oxygen atoms in total. The molecule has 102 valence electrons. The normalized spacial score (nSPS) is 14.4. The largest absolute Gasteiger partial charge is 0.469 e. The molecule has 0 rings (SSSR count). The van der Waals surface area contributed by atoms with E-state index in [0.29, 0.717) is 0 Å². The molecular weight excluding hydrogens is 212 g/mol. The van der Waals surface area contributed by atoms with Crippen LogP contribution in [-0.4, -0.2) is 13.1 Å². The molecule has 2 heteroatoms. The van der Waals surface area contributed by atoms with Crippen LogP contribution in [0.15, 0.2) is 0 Å².